The van der Waals surface area contributed by atoms with Crippen LogP contribution in [-0.2, 0) is 19.1 Å². The topological polar surface area (TPSA) is 102 Å². The van der Waals surface area contributed by atoms with Gasteiger partial charge in [0.05, 0.1) is 30.0 Å². The molecule has 3 rings (SSSR count). The Morgan fingerprint density at radius 1 is 0.939 bits per heavy atom. The number of carbonyl (C=O) groups excluding carboxylic acids is 4. The second kappa shape index (κ2) is 10.8. The molecule has 0 bridgehead atoms. The van der Waals surface area contributed by atoms with Gasteiger partial charge in [0.1, 0.15) is 10.7 Å². The zero-order valence-corrected chi connectivity index (χ0v) is 19.0. The molecule has 8 nitrogen and oxygen atoms in total. The third kappa shape index (κ3) is 5.40. The van der Waals surface area contributed by atoms with Gasteiger partial charge in [0.2, 0.25) is 0 Å². The van der Waals surface area contributed by atoms with E-state index in [0.717, 1.165) is 17.7 Å². The Balaban J connectivity index is 1.76. The lowest BCUT2D eigenvalue weighted by molar-refractivity contribution is -0.120. The summed E-state index contributed by atoms with van der Waals surface area (Å²) in [6, 6.07) is 12.2. The molecule has 2 aromatic rings. The van der Waals surface area contributed by atoms with Crippen molar-refractivity contribution < 1.29 is 28.7 Å². The molecule has 0 atom stereocenters. The Kier molecular flexibility index (Phi) is 7.84. The molecule has 0 unspecified atom stereocenters. The molecule has 2 aromatic carbocycles. The summed E-state index contributed by atoms with van der Waals surface area (Å²) >= 11 is 6.17. The van der Waals surface area contributed by atoms with Crippen molar-refractivity contribution in [1.82, 2.24) is 0 Å². The minimum absolute atomic E-state index is 0.118. The first kappa shape index (κ1) is 24.0. The molecule has 0 aromatic heterocycles. The summed E-state index contributed by atoms with van der Waals surface area (Å²) in [5.74, 6) is -2.35. The van der Waals surface area contributed by atoms with E-state index < -0.39 is 23.8 Å². The van der Waals surface area contributed by atoms with Crippen LogP contribution in [0.3, 0.4) is 0 Å². The van der Waals surface area contributed by atoms with Crippen molar-refractivity contribution in [1.29, 1.82) is 0 Å². The summed E-state index contributed by atoms with van der Waals surface area (Å²) in [7, 11) is 0. The number of halogens is 1. The van der Waals surface area contributed by atoms with E-state index in [2.05, 4.69) is 5.32 Å². The van der Waals surface area contributed by atoms with Crippen molar-refractivity contribution >= 4 is 46.7 Å². The van der Waals surface area contributed by atoms with Crippen molar-refractivity contribution in [2.45, 2.75) is 26.7 Å². The third-order valence-electron chi connectivity index (χ3n) is 4.76. The van der Waals surface area contributed by atoms with Crippen LogP contribution in [0.2, 0.25) is 0 Å². The number of carbonyl (C=O) groups is 4. The van der Waals surface area contributed by atoms with Crippen LogP contribution in [0.15, 0.2) is 59.3 Å². The van der Waals surface area contributed by atoms with Crippen molar-refractivity contribution in [2.75, 3.05) is 23.4 Å². The van der Waals surface area contributed by atoms with E-state index in [-0.39, 0.29) is 23.0 Å². The van der Waals surface area contributed by atoms with Crippen LogP contribution in [0.1, 0.15) is 47.4 Å². The Bertz CT molecular complexity index is 1110. The summed E-state index contributed by atoms with van der Waals surface area (Å²) in [6.07, 6.45) is 1.67. The zero-order chi connectivity index (χ0) is 24.0. The fourth-order valence-corrected chi connectivity index (χ4v) is 3.28. The van der Waals surface area contributed by atoms with Gasteiger partial charge in [-0.05, 0) is 55.8 Å². The van der Waals surface area contributed by atoms with E-state index in [1.807, 2.05) is 6.92 Å². The zero-order valence-electron chi connectivity index (χ0n) is 18.2. The Labute approximate surface area is 196 Å². The molecule has 1 aliphatic heterocycles. The number of nitrogens with one attached hydrogen (secondary N) is 1. The number of anilines is 2. The lowest BCUT2D eigenvalue weighted by Crippen LogP contribution is -2.32. The predicted molar refractivity (Wildman–Crippen MR) is 123 cm³/mol. The first-order valence-corrected chi connectivity index (χ1v) is 10.8. The SMILES string of the molecule is CCCCOC(=O)c1cccc(NC2=C(Cl)C(=O)N(c3ccc(C(=O)OCC)cc3)C2=O)c1. The minimum Gasteiger partial charge on any atom is -0.462 e. The molecule has 0 fully saturated rings. The van der Waals surface area contributed by atoms with E-state index in [4.69, 9.17) is 21.1 Å². The highest BCUT2D eigenvalue weighted by Gasteiger charge is 2.39. The monoisotopic (exact) mass is 470 g/mol. The second-order valence-electron chi connectivity index (χ2n) is 7.10. The first-order valence-electron chi connectivity index (χ1n) is 10.5. The molecule has 0 radical (unpaired) electrons. The number of esters is 2. The maximum atomic E-state index is 13.0. The number of nitrogens with zero attached hydrogens (tertiary/aromatic N) is 1. The molecule has 172 valence electrons. The molecule has 0 saturated heterocycles. The van der Waals surface area contributed by atoms with Crippen LogP contribution in [-0.4, -0.2) is 37.0 Å². The smallest absolute Gasteiger partial charge is 0.338 e. The Hall–Kier alpha value is -3.65. The van der Waals surface area contributed by atoms with Crippen molar-refractivity contribution in [3.05, 3.63) is 70.4 Å². The fourth-order valence-electron chi connectivity index (χ4n) is 3.07. The molecule has 0 spiro atoms. The molecule has 0 aliphatic carbocycles. The van der Waals surface area contributed by atoms with Gasteiger partial charge in [-0.1, -0.05) is 31.0 Å². The van der Waals surface area contributed by atoms with Crippen LogP contribution in [0.4, 0.5) is 11.4 Å². The molecule has 1 N–H and O–H groups in total. The van der Waals surface area contributed by atoms with Gasteiger partial charge in [0.25, 0.3) is 11.8 Å². The van der Waals surface area contributed by atoms with Crippen LogP contribution >= 0.6 is 11.6 Å². The molecule has 33 heavy (non-hydrogen) atoms. The van der Waals surface area contributed by atoms with E-state index in [0.29, 0.717) is 23.4 Å². The van der Waals surface area contributed by atoms with Crippen molar-refractivity contribution in [3.63, 3.8) is 0 Å². The fraction of sp³-hybridized carbons (Fsp3) is 0.250. The molecule has 0 saturated carbocycles. The van der Waals surface area contributed by atoms with E-state index in [1.54, 1.807) is 25.1 Å². The predicted octanol–water partition coefficient (Wildman–Crippen LogP) is 4.26. The number of hydrogen-bond acceptors (Lipinski definition) is 7. The lowest BCUT2D eigenvalue weighted by atomic mass is 10.2. The summed E-state index contributed by atoms with van der Waals surface area (Å²) < 4.78 is 10.1. The van der Waals surface area contributed by atoms with Gasteiger partial charge in [-0.25, -0.2) is 14.5 Å². The van der Waals surface area contributed by atoms with Gasteiger partial charge in [-0.2, -0.15) is 0 Å². The van der Waals surface area contributed by atoms with E-state index in [1.165, 1.54) is 30.3 Å². The van der Waals surface area contributed by atoms with Gasteiger partial charge in [0, 0.05) is 5.69 Å². The highest BCUT2D eigenvalue weighted by Crippen LogP contribution is 2.30. The van der Waals surface area contributed by atoms with Gasteiger partial charge in [-0.15, -0.1) is 0 Å². The maximum absolute atomic E-state index is 13.0. The van der Waals surface area contributed by atoms with Gasteiger partial charge in [-0.3, -0.25) is 9.59 Å². The summed E-state index contributed by atoms with van der Waals surface area (Å²) in [6.45, 7) is 4.24. The quantitative estimate of drug-likeness (QED) is 0.332. The van der Waals surface area contributed by atoms with Gasteiger partial charge >= 0.3 is 11.9 Å². The molecule has 1 heterocycles. The standard InChI is InChI=1S/C24H23ClN2O6/c1-3-5-13-33-24(31)16-7-6-8-17(14-16)26-20-19(25)21(28)27(22(20)29)18-11-9-15(10-12-18)23(30)32-4-2/h6-12,14,26H,3-5,13H2,1-2H3. The van der Waals surface area contributed by atoms with Crippen LogP contribution in [0, 0.1) is 0 Å². The molecule has 1 aliphatic rings. The number of hydrogen-bond donors (Lipinski definition) is 1. The van der Waals surface area contributed by atoms with E-state index in [9.17, 15) is 19.2 Å². The normalized spacial score (nSPS) is 13.4. The molecular weight excluding hydrogens is 448 g/mol. The number of amides is 2. The average Bonchev–Trinajstić information content (AvgIpc) is 3.02. The number of unbranched alkanes of at least 4 members (excludes halogenated alkanes) is 1. The summed E-state index contributed by atoms with van der Waals surface area (Å²) in [5.41, 5.74) is 1.12. The third-order valence-corrected chi connectivity index (χ3v) is 5.11. The Morgan fingerprint density at radius 3 is 2.30 bits per heavy atom. The van der Waals surface area contributed by atoms with Crippen LogP contribution < -0.4 is 10.2 Å². The van der Waals surface area contributed by atoms with Gasteiger partial charge in [0.15, 0.2) is 0 Å². The Morgan fingerprint density at radius 2 is 1.64 bits per heavy atom. The second-order valence-corrected chi connectivity index (χ2v) is 7.48. The van der Waals surface area contributed by atoms with Crippen molar-refractivity contribution in [3.8, 4) is 0 Å². The number of benzene rings is 2. The number of rotatable bonds is 9. The van der Waals surface area contributed by atoms with Gasteiger partial charge < -0.3 is 14.8 Å². The number of imide groups is 1. The highest BCUT2D eigenvalue weighted by atomic mass is 35.5. The number of ether oxygens (including phenoxy) is 2. The molecule has 9 heteroatoms. The van der Waals surface area contributed by atoms with E-state index >= 15 is 0 Å². The largest absolute Gasteiger partial charge is 0.462 e. The van der Waals surface area contributed by atoms with Crippen molar-refractivity contribution in [2.24, 2.45) is 0 Å². The molecule has 2 amide bonds. The van der Waals surface area contributed by atoms with Crippen LogP contribution in [0.5, 0.6) is 0 Å². The minimum atomic E-state index is -0.705. The lowest BCUT2D eigenvalue weighted by Gasteiger charge is -2.15. The average molecular weight is 471 g/mol. The first-order chi connectivity index (χ1) is 15.9. The maximum Gasteiger partial charge on any atom is 0.338 e. The molecular formula is C24H23ClN2O6. The summed E-state index contributed by atoms with van der Waals surface area (Å²) in [5, 5.41) is 2.55. The summed E-state index contributed by atoms with van der Waals surface area (Å²) in [4.78, 5) is 50.6. The van der Waals surface area contributed by atoms with Crippen LogP contribution in [0.25, 0.3) is 0 Å². The highest BCUT2D eigenvalue weighted by molar-refractivity contribution is 6.53.